The van der Waals surface area contributed by atoms with Gasteiger partial charge < -0.3 is 9.47 Å². The molecule has 0 N–H and O–H groups in total. The Morgan fingerprint density at radius 1 is 0.958 bits per heavy atom. The number of unbranched alkanes of at least 4 members (excludes halogenated alkanes) is 5. The molecule has 1 aromatic carbocycles. The van der Waals surface area contributed by atoms with Gasteiger partial charge in [-0.15, -0.1) is 0 Å². The third-order valence-corrected chi connectivity index (χ3v) is 3.51. The Hall–Kier alpha value is -1.91. The molecule has 0 aliphatic carbocycles. The standard InChI is InChI=1S/C19H27FO4/c1-2-14-23-18(21)12-7-5-3-4-6-8-13-19(22)24-17-11-9-10-16(20)15-17/h9-11,15H,2-8,12-14H2,1H3. The maximum atomic E-state index is 13.0. The van der Waals surface area contributed by atoms with Crippen molar-refractivity contribution in [2.24, 2.45) is 0 Å². The number of hydrogen-bond acceptors (Lipinski definition) is 4. The second-order valence-corrected chi connectivity index (χ2v) is 5.77. The van der Waals surface area contributed by atoms with E-state index in [9.17, 15) is 14.0 Å². The van der Waals surface area contributed by atoms with Crippen LogP contribution < -0.4 is 4.74 Å². The third-order valence-electron chi connectivity index (χ3n) is 3.51. The maximum Gasteiger partial charge on any atom is 0.311 e. The van der Waals surface area contributed by atoms with Crippen molar-refractivity contribution in [2.45, 2.75) is 64.7 Å². The highest BCUT2D eigenvalue weighted by molar-refractivity contribution is 5.72. The van der Waals surface area contributed by atoms with Gasteiger partial charge in [0.25, 0.3) is 0 Å². The summed E-state index contributed by atoms with van der Waals surface area (Å²) in [6.45, 7) is 2.48. The minimum atomic E-state index is -0.418. The number of ether oxygens (including phenoxy) is 2. The van der Waals surface area contributed by atoms with Crippen LogP contribution >= 0.6 is 0 Å². The van der Waals surface area contributed by atoms with Gasteiger partial charge in [0.1, 0.15) is 11.6 Å². The van der Waals surface area contributed by atoms with E-state index in [2.05, 4.69) is 0 Å². The lowest BCUT2D eigenvalue weighted by atomic mass is 10.1. The van der Waals surface area contributed by atoms with E-state index >= 15 is 0 Å². The molecule has 0 atom stereocenters. The van der Waals surface area contributed by atoms with Crippen LogP contribution in [0.25, 0.3) is 0 Å². The predicted octanol–water partition coefficient (Wildman–Crippen LogP) is 4.81. The zero-order chi connectivity index (χ0) is 17.6. The normalized spacial score (nSPS) is 10.4. The lowest BCUT2D eigenvalue weighted by molar-refractivity contribution is -0.143. The lowest BCUT2D eigenvalue weighted by Gasteiger charge is -2.05. The lowest BCUT2D eigenvalue weighted by Crippen LogP contribution is -2.07. The van der Waals surface area contributed by atoms with Crippen LogP contribution in [-0.4, -0.2) is 18.5 Å². The first-order valence-electron chi connectivity index (χ1n) is 8.73. The third kappa shape index (κ3) is 9.98. The summed E-state index contributed by atoms with van der Waals surface area (Å²) in [6, 6.07) is 5.58. The van der Waals surface area contributed by atoms with Gasteiger partial charge in [-0.2, -0.15) is 0 Å². The van der Waals surface area contributed by atoms with Gasteiger partial charge >= 0.3 is 11.9 Å². The van der Waals surface area contributed by atoms with E-state index in [0.717, 1.165) is 44.9 Å². The van der Waals surface area contributed by atoms with Gasteiger partial charge in [0.15, 0.2) is 0 Å². The molecule has 24 heavy (non-hydrogen) atoms. The monoisotopic (exact) mass is 338 g/mol. The SMILES string of the molecule is CCCOC(=O)CCCCCCCCC(=O)Oc1cccc(F)c1. The molecule has 5 heteroatoms. The number of hydrogen-bond donors (Lipinski definition) is 0. The number of halogens is 1. The van der Waals surface area contributed by atoms with Crippen molar-refractivity contribution < 1.29 is 23.5 Å². The summed E-state index contributed by atoms with van der Waals surface area (Å²) in [4.78, 5) is 22.9. The Kier molecular flexibility index (Phi) is 10.5. The van der Waals surface area contributed by atoms with Crippen molar-refractivity contribution in [1.82, 2.24) is 0 Å². The summed E-state index contributed by atoms with van der Waals surface area (Å²) in [5.41, 5.74) is 0. The average Bonchev–Trinajstić information content (AvgIpc) is 2.55. The first-order chi connectivity index (χ1) is 11.6. The van der Waals surface area contributed by atoms with Crippen molar-refractivity contribution >= 4 is 11.9 Å². The molecule has 0 aliphatic rings. The molecular formula is C19H27FO4. The molecule has 0 unspecified atom stereocenters. The number of benzene rings is 1. The molecule has 0 amide bonds. The summed E-state index contributed by atoms with van der Waals surface area (Å²) >= 11 is 0. The molecular weight excluding hydrogens is 311 g/mol. The molecule has 1 rings (SSSR count). The van der Waals surface area contributed by atoms with Crippen LogP contribution in [-0.2, 0) is 14.3 Å². The smallest absolute Gasteiger partial charge is 0.311 e. The van der Waals surface area contributed by atoms with Gasteiger partial charge in [-0.3, -0.25) is 9.59 Å². The fourth-order valence-electron chi connectivity index (χ4n) is 2.25. The van der Waals surface area contributed by atoms with Crippen molar-refractivity contribution in [3.05, 3.63) is 30.1 Å². The fourth-order valence-corrected chi connectivity index (χ4v) is 2.25. The molecule has 134 valence electrons. The van der Waals surface area contributed by atoms with Gasteiger partial charge in [-0.05, 0) is 31.4 Å². The van der Waals surface area contributed by atoms with E-state index in [-0.39, 0.29) is 17.7 Å². The van der Waals surface area contributed by atoms with Crippen LogP contribution in [0.4, 0.5) is 4.39 Å². The second-order valence-electron chi connectivity index (χ2n) is 5.77. The molecule has 0 radical (unpaired) electrons. The number of rotatable bonds is 12. The van der Waals surface area contributed by atoms with Crippen molar-refractivity contribution in [3.8, 4) is 5.75 Å². The number of carbonyl (C=O) groups excluding carboxylic acids is 2. The van der Waals surface area contributed by atoms with Crippen molar-refractivity contribution in [3.63, 3.8) is 0 Å². The van der Waals surface area contributed by atoms with Crippen LogP contribution in [0.2, 0.25) is 0 Å². The van der Waals surface area contributed by atoms with Crippen molar-refractivity contribution in [1.29, 1.82) is 0 Å². The Morgan fingerprint density at radius 3 is 2.21 bits per heavy atom. The summed E-state index contributed by atoms with van der Waals surface area (Å²) in [6.07, 6.45) is 7.29. The molecule has 0 fully saturated rings. The molecule has 4 nitrogen and oxygen atoms in total. The summed E-state index contributed by atoms with van der Waals surface area (Å²) in [7, 11) is 0. The quantitative estimate of drug-likeness (QED) is 0.312. The van der Waals surface area contributed by atoms with E-state index in [1.165, 1.54) is 18.2 Å². The van der Waals surface area contributed by atoms with Crippen LogP contribution in [0.1, 0.15) is 64.7 Å². The molecule has 1 aromatic rings. The molecule has 0 spiro atoms. The highest BCUT2D eigenvalue weighted by atomic mass is 19.1. The zero-order valence-corrected chi connectivity index (χ0v) is 14.4. The first kappa shape index (κ1) is 20.1. The maximum absolute atomic E-state index is 13.0. The van der Waals surface area contributed by atoms with E-state index in [4.69, 9.17) is 9.47 Å². The van der Waals surface area contributed by atoms with Gasteiger partial charge in [0.05, 0.1) is 6.61 Å². The van der Waals surface area contributed by atoms with Crippen LogP contribution in [0.15, 0.2) is 24.3 Å². The molecule has 0 bridgehead atoms. The van der Waals surface area contributed by atoms with Crippen LogP contribution in [0.5, 0.6) is 5.75 Å². The van der Waals surface area contributed by atoms with Crippen LogP contribution in [0.3, 0.4) is 0 Å². The van der Waals surface area contributed by atoms with Gasteiger partial charge in [0, 0.05) is 18.9 Å². The number of esters is 2. The Labute approximate surface area is 143 Å². The van der Waals surface area contributed by atoms with Gasteiger partial charge in [-0.1, -0.05) is 38.7 Å². The summed E-state index contributed by atoms with van der Waals surface area (Å²) < 4.78 is 23.0. The van der Waals surface area contributed by atoms with Gasteiger partial charge in [-0.25, -0.2) is 4.39 Å². The van der Waals surface area contributed by atoms with E-state index in [0.29, 0.717) is 19.4 Å². The largest absolute Gasteiger partial charge is 0.466 e. The topological polar surface area (TPSA) is 52.6 Å². The minimum absolute atomic E-state index is 0.114. The predicted molar refractivity (Wildman–Crippen MR) is 90.2 cm³/mol. The Morgan fingerprint density at radius 2 is 1.58 bits per heavy atom. The summed E-state index contributed by atoms with van der Waals surface area (Å²) in [5.74, 6) is -0.620. The molecule has 0 saturated carbocycles. The Balaban J connectivity index is 1.96. The molecule has 0 aliphatic heterocycles. The van der Waals surface area contributed by atoms with E-state index in [1.54, 1.807) is 6.07 Å². The molecule has 0 heterocycles. The molecule has 0 aromatic heterocycles. The Bertz CT molecular complexity index is 502. The summed E-state index contributed by atoms with van der Waals surface area (Å²) in [5, 5.41) is 0. The fraction of sp³-hybridized carbons (Fsp3) is 0.579. The highest BCUT2D eigenvalue weighted by Gasteiger charge is 2.05. The van der Waals surface area contributed by atoms with E-state index in [1.807, 2.05) is 6.92 Å². The highest BCUT2D eigenvalue weighted by Crippen LogP contribution is 2.14. The van der Waals surface area contributed by atoms with Crippen LogP contribution in [0, 0.1) is 5.82 Å². The first-order valence-corrected chi connectivity index (χ1v) is 8.73. The van der Waals surface area contributed by atoms with Gasteiger partial charge in [0.2, 0.25) is 0 Å². The van der Waals surface area contributed by atoms with E-state index < -0.39 is 5.82 Å². The minimum Gasteiger partial charge on any atom is -0.466 e. The second kappa shape index (κ2) is 12.5. The average molecular weight is 338 g/mol. The van der Waals surface area contributed by atoms with Crippen molar-refractivity contribution in [2.75, 3.05) is 6.61 Å². The number of carbonyl (C=O) groups is 2. The zero-order valence-electron chi connectivity index (χ0n) is 14.4. The molecule has 0 saturated heterocycles.